The van der Waals surface area contributed by atoms with Gasteiger partial charge >= 0.3 is 0 Å². The molecular formula is C30H34N4O5. The molecule has 2 aromatic carbocycles. The third-order valence-corrected chi connectivity index (χ3v) is 6.87. The fourth-order valence-corrected chi connectivity index (χ4v) is 5.03. The average Bonchev–Trinajstić information content (AvgIpc) is 2.92. The molecule has 1 fully saturated rings. The van der Waals surface area contributed by atoms with Crippen LogP contribution in [0.25, 0.3) is 0 Å². The summed E-state index contributed by atoms with van der Waals surface area (Å²) < 4.78 is 18.2. The predicted molar refractivity (Wildman–Crippen MR) is 146 cm³/mol. The zero-order chi connectivity index (χ0) is 27.2. The monoisotopic (exact) mass is 530 g/mol. The van der Waals surface area contributed by atoms with Gasteiger partial charge in [0, 0.05) is 50.7 Å². The van der Waals surface area contributed by atoms with E-state index >= 15 is 0 Å². The molecule has 0 unspecified atom stereocenters. The van der Waals surface area contributed by atoms with Crippen molar-refractivity contribution < 1.29 is 23.8 Å². The van der Waals surface area contributed by atoms with Crippen LogP contribution in [0.2, 0.25) is 0 Å². The van der Waals surface area contributed by atoms with Gasteiger partial charge in [-0.1, -0.05) is 18.2 Å². The smallest absolute Gasteiger partial charge is 0.254 e. The number of nitrogens with one attached hydrogen (secondary N) is 1. The van der Waals surface area contributed by atoms with Crippen molar-refractivity contribution in [1.82, 2.24) is 20.1 Å². The molecule has 3 aromatic rings. The average molecular weight is 531 g/mol. The van der Waals surface area contributed by atoms with Gasteiger partial charge in [0.1, 0.15) is 17.2 Å². The van der Waals surface area contributed by atoms with E-state index in [1.54, 1.807) is 31.4 Å². The Balaban J connectivity index is 1.41. The maximum atomic E-state index is 13.3. The number of likely N-dealkylation sites (N-methyl/N-ethyl adjacent to an activating group) is 1. The fourth-order valence-electron chi connectivity index (χ4n) is 5.03. The molecule has 204 valence electrons. The first kappa shape index (κ1) is 26.6. The zero-order valence-corrected chi connectivity index (χ0v) is 22.3. The number of rotatable bonds is 4. The molecule has 39 heavy (non-hydrogen) atoms. The molecule has 0 saturated carbocycles. The third-order valence-electron chi connectivity index (χ3n) is 6.87. The molecular weight excluding hydrogens is 496 g/mol. The Hall–Kier alpha value is -3.95. The van der Waals surface area contributed by atoms with E-state index in [9.17, 15) is 9.59 Å². The quantitative estimate of drug-likeness (QED) is 0.551. The van der Waals surface area contributed by atoms with E-state index in [1.807, 2.05) is 43.5 Å². The van der Waals surface area contributed by atoms with Crippen LogP contribution < -0.4 is 14.8 Å². The first-order valence-corrected chi connectivity index (χ1v) is 13.3. The van der Waals surface area contributed by atoms with Crippen LogP contribution in [0, 0.1) is 0 Å². The fraction of sp³-hybridized carbons (Fsp3) is 0.367. The van der Waals surface area contributed by atoms with Gasteiger partial charge in [-0.2, -0.15) is 0 Å². The molecule has 5 rings (SSSR count). The lowest BCUT2D eigenvalue weighted by molar-refractivity contribution is -0.125. The Kier molecular flexibility index (Phi) is 8.39. The van der Waals surface area contributed by atoms with E-state index < -0.39 is 0 Å². The zero-order valence-electron chi connectivity index (χ0n) is 22.3. The molecule has 9 heteroatoms. The minimum Gasteiger partial charge on any atom is -0.494 e. The van der Waals surface area contributed by atoms with Gasteiger partial charge in [0.2, 0.25) is 5.91 Å². The summed E-state index contributed by atoms with van der Waals surface area (Å²) in [5, 5.41) is 3.15. The highest BCUT2D eigenvalue weighted by atomic mass is 16.5. The van der Waals surface area contributed by atoms with Crippen LogP contribution in [0.1, 0.15) is 34.8 Å². The van der Waals surface area contributed by atoms with Crippen LogP contribution in [0.3, 0.4) is 0 Å². The van der Waals surface area contributed by atoms with E-state index in [0.717, 1.165) is 30.6 Å². The van der Waals surface area contributed by atoms with E-state index in [2.05, 4.69) is 21.3 Å². The summed E-state index contributed by atoms with van der Waals surface area (Å²) in [5.74, 6) is 1.11. The lowest BCUT2D eigenvalue weighted by Crippen LogP contribution is -2.57. The van der Waals surface area contributed by atoms with Crippen molar-refractivity contribution in [3.05, 3.63) is 83.7 Å². The molecule has 2 amide bonds. The summed E-state index contributed by atoms with van der Waals surface area (Å²) in [6.07, 6.45) is 4.22. The summed E-state index contributed by atoms with van der Waals surface area (Å²) in [6, 6.07) is 16.5. The van der Waals surface area contributed by atoms with Crippen molar-refractivity contribution in [3.8, 4) is 17.2 Å². The second kappa shape index (κ2) is 12.3. The summed E-state index contributed by atoms with van der Waals surface area (Å²) >= 11 is 0. The highest BCUT2D eigenvalue weighted by molar-refractivity contribution is 5.97. The minimum atomic E-state index is -0.299. The van der Waals surface area contributed by atoms with Crippen molar-refractivity contribution in [2.75, 3.05) is 33.3 Å². The molecule has 1 N–H and O–H groups in total. The van der Waals surface area contributed by atoms with Gasteiger partial charge < -0.3 is 24.4 Å². The Morgan fingerprint density at radius 2 is 2.00 bits per heavy atom. The van der Waals surface area contributed by atoms with Gasteiger partial charge in [-0.25, -0.2) is 0 Å². The topological polar surface area (TPSA) is 93.2 Å². The number of benzene rings is 2. The lowest BCUT2D eigenvalue weighted by atomic mass is 10.0. The number of pyridine rings is 1. The van der Waals surface area contributed by atoms with Gasteiger partial charge in [0.05, 0.1) is 31.9 Å². The van der Waals surface area contributed by atoms with Crippen LogP contribution in [0.5, 0.6) is 17.2 Å². The number of hydrogen-bond donors (Lipinski definition) is 1. The second-order valence-electron chi connectivity index (χ2n) is 9.95. The largest absolute Gasteiger partial charge is 0.494 e. The normalized spacial score (nSPS) is 20.5. The van der Waals surface area contributed by atoms with Crippen LogP contribution in [0.4, 0.5) is 0 Å². The maximum Gasteiger partial charge on any atom is 0.254 e. The van der Waals surface area contributed by atoms with Crippen molar-refractivity contribution in [1.29, 1.82) is 0 Å². The van der Waals surface area contributed by atoms with Crippen molar-refractivity contribution in [2.24, 2.45) is 0 Å². The maximum absolute atomic E-state index is 13.3. The van der Waals surface area contributed by atoms with Crippen molar-refractivity contribution in [3.63, 3.8) is 0 Å². The number of nitrogens with zero attached hydrogens (tertiary/aromatic N) is 3. The Morgan fingerprint density at radius 1 is 1.10 bits per heavy atom. The number of piperidine rings is 1. The minimum absolute atomic E-state index is 0.0846. The molecule has 2 aliphatic heterocycles. The van der Waals surface area contributed by atoms with Crippen LogP contribution in [0.15, 0.2) is 67.0 Å². The Morgan fingerprint density at radius 3 is 2.82 bits per heavy atom. The number of ether oxygens (including phenoxy) is 3. The standard InChI is InChI=1S/C30H34N4O5/c1-3-37-25-13-23-14-26(15-25)39-24-8-4-6-21(12-24)20-38-28-9-11-34(17-22-7-5-10-31-16-22)18-27(28)32-29(35)19-33(2)30(23)36/h4-8,10,12-16,27-28H,3,9,11,17-20H2,1-2H3,(H,32,35)/t27-,28+/m0/s1. The summed E-state index contributed by atoms with van der Waals surface area (Å²) in [7, 11) is 1.62. The van der Waals surface area contributed by atoms with Gasteiger partial charge in [0.15, 0.2) is 0 Å². The van der Waals surface area contributed by atoms with Crippen LogP contribution in [-0.4, -0.2) is 72.0 Å². The lowest BCUT2D eigenvalue weighted by Gasteiger charge is -2.39. The molecule has 1 saturated heterocycles. The molecule has 4 bridgehead atoms. The molecule has 0 aliphatic carbocycles. The molecule has 9 nitrogen and oxygen atoms in total. The van der Waals surface area contributed by atoms with E-state index in [0.29, 0.717) is 42.6 Å². The molecule has 2 atom stereocenters. The number of carbonyl (C=O) groups is 2. The van der Waals surface area contributed by atoms with Gasteiger partial charge in [-0.3, -0.25) is 19.5 Å². The second-order valence-corrected chi connectivity index (χ2v) is 9.95. The third kappa shape index (κ3) is 6.93. The van der Waals surface area contributed by atoms with Gasteiger partial charge in [-0.05, 0) is 54.8 Å². The Bertz CT molecular complexity index is 1300. The van der Waals surface area contributed by atoms with Crippen molar-refractivity contribution in [2.45, 2.75) is 38.6 Å². The number of aromatic nitrogens is 1. The molecule has 0 radical (unpaired) electrons. The highest BCUT2D eigenvalue weighted by Crippen LogP contribution is 2.29. The number of carbonyl (C=O) groups excluding carboxylic acids is 2. The summed E-state index contributed by atoms with van der Waals surface area (Å²) in [4.78, 5) is 34.4. The van der Waals surface area contributed by atoms with Gasteiger partial charge in [-0.15, -0.1) is 0 Å². The van der Waals surface area contributed by atoms with Crippen LogP contribution in [-0.2, 0) is 22.7 Å². The predicted octanol–water partition coefficient (Wildman–Crippen LogP) is 3.63. The first-order chi connectivity index (χ1) is 19.0. The van der Waals surface area contributed by atoms with Crippen molar-refractivity contribution >= 4 is 11.8 Å². The van der Waals surface area contributed by atoms with Gasteiger partial charge in [0.25, 0.3) is 5.91 Å². The highest BCUT2D eigenvalue weighted by Gasteiger charge is 2.32. The molecule has 1 aromatic heterocycles. The van der Waals surface area contributed by atoms with E-state index in [4.69, 9.17) is 14.2 Å². The summed E-state index contributed by atoms with van der Waals surface area (Å²) in [6.45, 7) is 4.84. The number of hydrogen-bond acceptors (Lipinski definition) is 7. The van der Waals surface area contributed by atoms with E-state index in [1.165, 1.54) is 4.90 Å². The molecule has 2 aliphatic rings. The first-order valence-electron chi connectivity index (χ1n) is 13.3. The molecule has 0 spiro atoms. The SMILES string of the molecule is CCOc1cc2cc(c1)C(=O)N(C)CC(=O)N[C@H]1CN(Cc3cccnc3)CC[C@H]1OCc1cccc(c1)O2. The van der Waals surface area contributed by atoms with Crippen LogP contribution >= 0.6 is 0 Å². The Labute approximate surface area is 228 Å². The number of likely N-dealkylation sites (tertiary alicyclic amines) is 1. The number of fused-ring (bicyclic) bond motifs is 5. The number of amides is 2. The molecule has 3 heterocycles. The summed E-state index contributed by atoms with van der Waals surface area (Å²) in [5.41, 5.74) is 2.46. The van der Waals surface area contributed by atoms with E-state index in [-0.39, 0.29) is 30.5 Å².